The summed E-state index contributed by atoms with van der Waals surface area (Å²) in [5, 5.41) is 5.15. The first kappa shape index (κ1) is 20.0. The molecule has 1 fully saturated rings. The molecule has 1 aromatic carbocycles. The SMILES string of the molecule is C[C@@H]1[C@H](C)CCC[C@H]1NC(=O)CSc1c2c(nc3cc(Cl)ccc13)CCCC2. The Balaban J connectivity index is 1.53. The quantitative estimate of drug-likeness (QED) is 0.640. The lowest BCUT2D eigenvalue weighted by Crippen LogP contribution is -2.44. The topological polar surface area (TPSA) is 42.0 Å². The number of pyridine rings is 1. The third kappa shape index (κ3) is 4.18. The molecule has 2 aliphatic carbocycles. The molecule has 5 heteroatoms. The van der Waals surface area contributed by atoms with E-state index in [0.29, 0.717) is 28.7 Å². The fourth-order valence-electron chi connectivity index (χ4n) is 4.69. The Morgan fingerprint density at radius 1 is 1.21 bits per heavy atom. The number of thioether (sulfide) groups is 1. The number of nitrogens with zero attached hydrogens (tertiary/aromatic N) is 1. The van der Waals surface area contributed by atoms with Crippen LogP contribution in [0.5, 0.6) is 0 Å². The van der Waals surface area contributed by atoms with E-state index in [1.807, 2.05) is 12.1 Å². The third-order valence-electron chi connectivity index (χ3n) is 6.57. The molecular formula is C23H29ClN2OS. The minimum Gasteiger partial charge on any atom is -0.352 e. The van der Waals surface area contributed by atoms with E-state index < -0.39 is 0 Å². The van der Waals surface area contributed by atoms with Crippen LogP contribution in [0.15, 0.2) is 23.1 Å². The first-order chi connectivity index (χ1) is 13.5. The molecule has 28 heavy (non-hydrogen) atoms. The second-order valence-corrected chi connectivity index (χ2v) is 9.89. The molecule has 0 bridgehead atoms. The molecule has 2 aromatic rings. The number of aryl methyl sites for hydroxylation is 1. The van der Waals surface area contributed by atoms with Crippen LogP contribution in [0.25, 0.3) is 10.9 Å². The lowest BCUT2D eigenvalue weighted by Gasteiger charge is -2.34. The molecular weight excluding hydrogens is 388 g/mol. The number of rotatable bonds is 4. The average Bonchev–Trinajstić information content (AvgIpc) is 2.68. The molecule has 0 aliphatic heterocycles. The Bertz CT molecular complexity index is 885. The number of fused-ring (bicyclic) bond motifs is 2. The molecule has 1 amide bonds. The smallest absolute Gasteiger partial charge is 0.230 e. The summed E-state index contributed by atoms with van der Waals surface area (Å²) in [7, 11) is 0. The Labute approximate surface area is 177 Å². The van der Waals surface area contributed by atoms with Crippen molar-refractivity contribution in [2.75, 3.05) is 5.75 Å². The summed E-state index contributed by atoms with van der Waals surface area (Å²) in [5.41, 5.74) is 3.49. The van der Waals surface area contributed by atoms with Gasteiger partial charge < -0.3 is 5.32 Å². The van der Waals surface area contributed by atoms with Crippen molar-refractivity contribution >= 4 is 40.2 Å². The molecule has 3 atom stereocenters. The second-order valence-electron chi connectivity index (χ2n) is 8.46. The summed E-state index contributed by atoms with van der Waals surface area (Å²) in [6, 6.07) is 6.25. The van der Waals surface area contributed by atoms with Gasteiger partial charge in [0.2, 0.25) is 5.91 Å². The van der Waals surface area contributed by atoms with E-state index >= 15 is 0 Å². The highest BCUT2D eigenvalue weighted by Crippen LogP contribution is 2.37. The fraction of sp³-hybridized carbons (Fsp3) is 0.565. The van der Waals surface area contributed by atoms with Crippen molar-refractivity contribution in [2.24, 2.45) is 11.8 Å². The largest absolute Gasteiger partial charge is 0.352 e. The molecule has 0 spiro atoms. The normalized spacial score (nSPS) is 24.8. The molecule has 1 heterocycles. The van der Waals surface area contributed by atoms with E-state index in [2.05, 4.69) is 25.2 Å². The van der Waals surface area contributed by atoms with Gasteiger partial charge in [-0.05, 0) is 61.6 Å². The number of carbonyl (C=O) groups is 1. The molecule has 1 N–H and O–H groups in total. The molecule has 3 nitrogen and oxygen atoms in total. The highest BCUT2D eigenvalue weighted by Gasteiger charge is 2.28. The standard InChI is InChI=1S/C23H29ClN2OS/c1-14-6-5-9-19(15(14)2)26-22(27)13-28-23-17-7-3-4-8-20(17)25-21-12-16(24)10-11-18(21)23/h10-12,14-15,19H,3-9,13H2,1-2H3,(H,26,27)/t14-,15-,19-/m1/s1. The molecule has 150 valence electrons. The minimum absolute atomic E-state index is 0.152. The molecule has 0 radical (unpaired) electrons. The molecule has 0 saturated heterocycles. The van der Waals surface area contributed by atoms with Gasteiger partial charge in [0.15, 0.2) is 0 Å². The van der Waals surface area contributed by atoms with Gasteiger partial charge >= 0.3 is 0 Å². The number of carbonyl (C=O) groups excluding carboxylic acids is 1. The van der Waals surface area contributed by atoms with Crippen LogP contribution in [0.3, 0.4) is 0 Å². The molecule has 2 aliphatic rings. The molecule has 4 rings (SSSR count). The maximum absolute atomic E-state index is 12.7. The second kappa shape index (κ2) is 8.62. The summed E-state index contributed by atoms with van der Waals surface area (Å²) in [5.74, 6) is 1.86. The van der Waals surface area contributed by atoms with Crippen LogP contribution < -0.4 is 5.32 Å². The van der Waals surface area contributed by atoms with Gasteiger partial charge in [-0.2, -0.15) is 0 Å². The first-order valence-corrected chi connectivity index (χ1v) is 11.9. The number of aromatic nitrogens is 1. The Morgan fingerprint density at radius 3 is 2.89 bits per heavy atom. The predicted molar refractivity (Wildman–Crippen MR) is 118 cm³/mol. The van der Waals surface area contributed by atoms with Crippen LogP contribution in [-0.4, -0.2) is 22.7 Å². The molecule has 1 aromatic heterocycles. The van der Waals surface area contributed by atoms with E-state index in [1.165, 1.54) is 41.8 Å². The predicted octanol–water partition coefficient (Wildman–Crippen LogP) is 5.80. The number of benzene rings is 1. The van der Waals surface area contributed by atoms with Crippen LogP contribution in [-0.2, 0) is 17.6 Å². The van der Waals surface area contributed by atoms with Crippen LogP contribution in [0.2, 0.25) is 5.02 Å². The van der Waals surface area contributed by atoms with Gasteiger partial charge in [0.05, 0.1) is 11.3 Å². The van der Waals surface area contributed by atoms with Gasteiger partial charge in [0.25, 0.3) is 0 Å². The van der Waals surface area contributed by atoms with Crippen LogP contribution in [0, 0.1) is 11.8 Å². The maximum Gasteiger partial charge on any atom is 0.230 e. The average molecular weight is 417 g/mol. The third-order valence-corrected chi connectivity index (χ3v) is 7.97. The highest BCUT2D eigenvalue weighted by molar-refractivity contribution is 8.00. The van der Waals surface area contributed by atoms with Gasteiger partial charge in [-0.3, -0.25) is 9.78 Å². The van der Waals surface area contributed by atoms with E-state index in [1.54, 1.807) is 11.8 Å². The van der Waals surface area contributed by atoms with Crippen molar-refractivity contribution in [2.45, 2.75) is 69.7 Å². The van der Waals surface area contributed by atoms with Crippen LogP contribution >= 0.6 is 23.4 Å². The summed E-state index contributed by atoms with van der Waals surface area (Å²) >= 11 is 7.88. The van der Waals surface area contributed by atoms with Gasteiger partial charge in [-0.25, -0.2) is 0 Å². The van der Waals surface area contributed by atoms with Crippen LogP contribution in [0.4, 0.5) is 0 Å². The van der Waals surface area contributed by atoms with Crippen molar-refractivity contribution in [3.05, 3.63) is 34.5 Å². The number of hydrogen-bond acceptors (Lipinski definition) is 3. The van der Waals surface area contributed by atoms with Crippen molar-refractivity contribution in [1.82, 2.24) is 10.3 Å². The summed E-state index contributed by atoms with van der Waals surface area (Å²) < 4.78 is 0. The molecule has 0 unspecified atom stereocenters. The van der Waals surface area contributed by atoms with Gasteiger partial charge in [-0.15, -0.1) is 11.8 Å². The maximum atomic E-state index is 12.7. The van der Waals surface area contributed by atoms with Crippen molar-refractivity contribution in [3.8, 4) is 0 Å². The number of halogens is 1. The Hall–Kier alpha value is -1.26. The van der Waals surface area contributed by atoms with Gasteiger partial charge in [-0.1, -0.05) is 44.4 Å². The fourth-order valence-corrected chi connectivity index (χ4v) is 5.94. The van der Waals surface area contributed by atoms with Crippen molar-refractivity contribution in [1.29, 1.82) is 0 Å². The van der Waals surface area contributed by atoms with Crippen molar-refractivity contribution in [3.63, 3.8) is 0 Å². The zero-order valence-corrected chi connectivity index (χ0v) is 18.3. The number of hydrogen-bond donors (Lipinski definition) is 1. The summed E-state index contributed by atoms with van der Waals surface area (Å²) in [6.07, 6.45) is 8.07. The number of amides is 1. The Kier molecular flexibility index (Phi) is 6.17. The zero-order valence-electron chi connectivity index (χ0n) is 16.8. The zero-order chi connectivity index (χ0) is 19.7. The first-order valence-electron chi connectivity index (χ1n) is 10.6. The van der Waals surface area contributed by atoms with E-state index in [-0.39, 0.29) is 5.91 Å². The van der Waals surface area contributed by atoms with Gasteiger partial charge in [0, 0.05) is 27.0 Å². The number of nitrogens with one attached hydrogen (secondary N) is 1. The lowest BCUT2D eigenvalue weighted by atomic mass is 9.78. The molecule has 1 saturated carbocycles. The summed E-state index contributed by atoms with van der Waals surface area (Å²) in [6.45, 7) is 4.58. The van der Waals surface area contributed by atoms with E-state index in [9.17, 15) is 4.79 Å². The van der Waals surface area contributed by atoms with Crippen molar-refractivity contribution < 1.29 is 4.79 Å². The monoisotopic (exact) mass is 416 g/mol. The minimum atomic E-state index is 0.152. The van der Waals surface area contributed by atoms with Crippen LogP contribution in [0.1, 0.15) is 57.2 Å². The lowest BCUT2D eigenvalue weighted by molar-refractivity contribution is -0.119. The highest BCUT2D eigenvalue weighted by atomic mass is 35.5. The van der Waals surface area contributed by atoms with Gasteiger partial charge in [0.1, 0.15) is 0 Å². The van der Waals surface area contributed by atoms with E-state index in [4.69, 9.17) is 16.6 Å². The van der Waals surface area contributed by atoms with E-state index in [0.717, 1.165) is 30.2 Å². The Morgan fingerprint density at radius 2 is 2.04 bits per heavy atom. The summed E-state index contributed by atoms with van der Waals surface area (Å²) in [4.78, 5) is 18.8.